The van der Waals surface area contributed by atoms with Gasteiger partial charge in [-0.3, -0.25) is 0 Å². The van der Waals surface area contributed by atoms with E-state index in [4.69, 9.17) is 10.2 Å². The second kappa shape index (κ2) is 4.95. The van der Waals surface area contributed by atoms with Crippen LogP contribution in [-0.2, 0) is 6.54 Å². The van der Waals surface area contributed by atoms with Crippen molar-refractivity contribution in [2.24, 2.45) is 5.73 Å². The van der Waals surface area contributed by atoms with Crippen molar-refractivity contribution in [3.05, 3.63) is 24.2 Å². The SMILES string of the molecule is CC(CCN)NCc1ccoc1. The fraction of sp³-hybridized carbons (Fsp3) is 0.556. The molecule has 1 unspecified atom stereocenters. The molecule has 1 aromatic heterocycles. The van der Waals surface area contributed by atoms with E-state index in [9.17, 15) is 0 Å². The number of hydrogen-bond donors (Lipinski definition) is 2. The first kappa shape index (κ1) is 9.29. The topological polar surface area (TPSA) is 51.2 Å². The summed E-state index contributed by atoms with van der Waals surface area (Å²) in [6, 6.07) is 2.44. The van der Waals surface area contributed by atoms with Gasteiger partial charge in [-0.15, -0.1) is 0 Å². The summed E-state index contributed by atoms with van der Waals surface area (Å²) in [5.74, 6) is 0. The van der Waals surface area contributed by atoms with Gasteiger partial charge in [-0.25, -0.2) is 0 Å². The Hall–Kier alpha value is -0.800. The molecule has 0 aliphatic rings. The Morgan fingerprint density at radius 3 is 3.08 bits per heavy atom. The predicted octanol–water partition coefficient (Wildman–Crippen LogP) is 1.11. The highest BCUT2D eigenvalue weighted by molar-refractivity contribution is 5.04. The van der Waals surface area contributed by atoms with Gasteiger partial charge in [0.2, 0.25) is 0 Å². The van der Waals surface area contributed by atoms with Crippen LogP contribution in [0.4, 0.5) is 0 Å². The third kappa shape index (κ3) is 3.07. The lowest BCUT2D eigenvalue weighted by molar-refractivity contribution is 0.513. The minimum atomic E-state index is 0.477. The smallest absolute Gasteiger partial charge is 0.0947 e. The molecular weight excluding hydrogens is 152 g/mol. The molecule has 0 saturated heterocycles. The van der Waals surface area contributed by atoms with Gasteiger partial charge >= 0.3 is 0 Å². The van der Waals surface area contributed by atoms with Gasteiger partial charge in [0.1, 0.15) is 0 Å². The highest BCUT2D eigenvalue weighted by atomic mass is 16.3. The van der Waals surface area contributed by atoms with E-state index in [1.54, 1.807) is 12.5 Å². The maximum absolute atomic E-state index is 5.42. The van der Waals surface area contributed by atoms with Gasteiger partial charge in [0.05, 0.1) is 12.5 Å². The summed E-state index contributed by atoms with van der Waals surface area (Å²) in [5, 5.41) is 3.35. The fourth-order valence-corrected chi connectivity index (χ4v) is 1.04. The summed E-state index contributed by atoms with van der Waals surface area (Å²) >= 11 is 0. The van der Waals surface area contributed by atoms with Crippen molar-refractivity contribution in [3.63, 3.8) is 0 Å². The van der Waals surface area contributed by atoms with Crippen molar-refractivity contribution >= 4 is 0 Å². The maximum Gasteiger partial charge on any atom is 0.0947 e. The van der Waals surface area contributed by atoms with Crippen molar-refractivity contribution in [2.75, 3.05) is 6.54 Å². The summed E-state index contributed by atoms with van der Waals surface area (Å²) in [5.41, 5.74) is 6.60. The van der Waals surface area contributed by atoms with Crippen molar-refractivity contribution in [3.8, 4) is 0 Å². The normalized spacial score (nSPS) is 13.2. The van der Waals surface area contributed by atoms with E-state index in [0.29, 0.717) is 6.04 Å². The molecule has 1 atom stereocenters. The predicted molar refractivity (Wildman–Crippen MR) is 48.7 cm³/mol. The van der Waals surface area contributed by atoms with E-state index in [2.05, 4.69) is 12.2 Å². The summed E-state index contributed by atoms with van der Waals surface area (Å²) in [7, 11) is 0. The lowest BCUT2D eigenvalue weighted by Gasteiger charge is -2.10. The molecule has 3 heteroatoms. The molecule has 1 rings (SSSR count). The minimum Gasteiger partial charge on any atom is -0.472 e. The molecule has 12 heavy (non-hydrogen) atoms. The summed E-state index contributed by atoms with van der Waals surface area (Å²) in [6.07, 6.45) is 4.45. The van der Waals surface area contributed by atoms with Gasteiger partial charge in [-0.05, 0) is 26.0 Å². The molecule has 0 spiro atoms. The molecule has 0 radical (unpaired) electrons. The van der Waals surface area contributed by atoms with Crippen molar-refractivity contribution in [1.82, 2.24) is 5.32 Å². The Morgan fingerprint density at radius 1 is 1.67 bits per heavy atom. The average Bonchev–Trinajstić information content (AvgIpc) is 2.53. The highest BCUT2D eigenvalue weighted by Gasteiger charge is 1.99. The molecule has 3 nitrogen and oxygen atoms in total. The van der Waals surface area contributed by atoms with E-state index in [0.717, 1.165) is 19.5 Å². The van der Waals surface area contributed by atoms with E-state index in [1.807, 2.05) is 6.07 Å². The van der Waals surface area contributed by atoms with Gasteiger partial charge < -0.3 is 15.5 Å². The average molecular weight is 168 g/mol. The van der Waals surface area contributed by atoms with Crippen LogP contribution >= 0.6 is 0 Å². The third-order valence-electron chi connectivity index (χ3n) is 1.83. The lowest BCUT2D eigenvalue weighted by Crippen LogP contribution is -2.27. The maximum atomic E-state index is 5.42. The molecule has 0 aliphatic heterocycles. The third-order valence-corrected chi connectivity index (χ3v) is 1.83. The van der Waals surface area contributed by atoms with Crippen LogP contribution in [0.25, 0.3) is 0 Å². The molecule has 0 fully saturated rings. The van der Waals surface area contributed by atoms with Crippen LogP contribution in [-0.4, -0.2) is 12.6 Å². The minimum absolute atomic E-state index is 0.477. The van der Waals surface area contributed by atoms with Gasteiger partial charge in [0.25, 0.3) is 0 Å². The largest absolute Gasteiger partial charge is 0.472 e. The van der Waals surface area contributed by atoms with E-state index >= 15 is 0 Å². The molecule has 1 aromatic rings. The van der Waals surface area contributed by atoms with Gasteiger partial charge in [0, 0.05) is 18.2 Å². The standard InChI is InChI=1S/C9H16N2O/c1-8(2-4-10)11-6-9-3-5-12-7-9/h3,5,7-8,11H,2,4,6,10H2,1H3. The molecule has 0 aromatic carbocycles. The first-order valence-corrected chi connectivity index (χ1v) is 4.27. The fourth-order valence-electron chi connectivity index (χ4n) is 1.04. The molecule has 0 bridgehead atoms. The quantitative estimate of drug-likeness (QED) is 0.692. The van der Waals surface area contributed by atoms with Gasteiger partial charge in [0.15, 0.2) is 0 Å². The van der Waals surface area contributed by atoms with Crippen LogP contribution in [0.2, 0.25) is 0 Å². The summed E-state index contributed by atoms with van der Waals surface area (Å²) < 4.78 is 4.94. The molecule has 1 heterocycles. The Labute approximate surface area is 72.9 Å². The molecule has 0 saturated carbocycles. The van der Waals surface area contributed by atoms with Gasteiger partial charge in [-0.2, -0.15) is 0 Å². The molecule has 68 valence electrons. The number of hydrogen-bond acceptors (Lipinski definition) is 3. The van der Waals surface area contributed by atoms with Crippen LogP contribution in [0.3, 0.4) is 0 Å². The molecule has 3 N–H and O–H groups in total. The van der Waals surface area contributed by atoms with E-state index < -0.39 is 0 Å². The second-order valence-electron chi connectivity index (χ2n) is 2.99. The molecule has 0 amide bonds. The zero-order valence-corrected chi connectivity index (χ0v) is 7.42. The highest BCUT2D eigenvalue weighted by Crippen LogP contribution is 1.99. The molecular formula is C9H16N2O. The van der Waals surface area contributed by atoms with Crippen LogP contribution in [0.1, 0.15) is 18.9 Å². The lowest BCUT2D eigenvalue weighted by atomic mass is 10.2. The zero-order valence-electron chi connectivity index (χ0n) is 7.42. The Morgan fingerprint density at radius 2 is 2.50 bits per heavy atom. The number of nitrogens with one attached hydrogen (secondary N) is 1. The van der Waals surface area contributed by atoms with Crippen molar-refractivity contribution in [2.45, 2.75) is 25.9 Å². The molecule has 0 aliphatic carbocycles. The van der Waals surface area contributed by atoms with Crippen LogP contribution < -0.4 is 11.1 Å². The van der Waals surface area contributed by atoms with E-state index in [-0.39, 0.29) is 0 Å². The van der Waals surface area contributed by atoms with Crippen LogP contribution in [0, 0.1) is 0 Å². The van der Waals surface area contributed by atoms with Crippen molar-refractivity contribution < 1.29 is 4.42 Å². The van der Waals surface area contributed by atoms with Gasteiger partial charge in [-0.1, -0.05) is 0 Å². The Kier molecular flexibility index (Phi) is 3.84. The summed E-state index contributed by atoms with van der Waals surface area (Å²) in [4.78, 5) is 0. The Bertz CT molecular complexity index is 196. The zero-order chi connectivity index (χ0) is 8.81. The first-order valence-electron chi connectivity index (χ1n) is 4.27. The number of rotatable bonds is 5. The van der Waals surface area contributed by atoms with E-state index in [1.165, 1.54) is 5.56 Å². The Balaban J connectivity index is 2.17. The van der Waals surface area contributed by atoms with Crippen LogP contribution in [0.15, 0.2) is 23.0 Å². The summed E-state index contributed by atoms with van der Waals surface area (Å²) in [6.45, 7) is 3.73. The number of furan rings is 1. The first-order chi connectivity index (χ1) is 5.83. The van der Waals surface area contributed by atoms with Crippen LogP contribution in [0.5, 0.6) is 0 Å². The second-order valence-corrected chi connectivity index (χ2v) is 2.99. The monoisotopic (exact) mass is 168 g/mol. The number of nitrogens with two attached hydrogens (primary N) is 1. The van der Waals surface area contributed by atoms with Crippen molar-refractivity contribution in [1.29, 1.82) is 0 Å².